The number of amidine groups is 1. The molecule has 0 saturated heterocycles. The molecule has 100 valence electrons. The Morgan fingerprint density at radius 2 is 2.05 bits per heavy atom. The minimum Gasteiger partial charge on any atom is -0.496 e. The lowest BCUT2D eigenvalue weighted by Crippen LogP contribution is -2.32. The Hall–Kier alpha value is -2.44. The normalized spacial score (nSPS) is 21.7. The highest BCUT2D eigenvalue weighted by atomic mass is 32.1. The summed E-state index contributed by atoms with van der Waals surface area (Å²) < 4.78 is 5.31. The third-order valence-corrected chi connectivity index (χ3v) is 3.51. The van der Waals surface area contributed by atoms with Crippen LogP contribution in [-0.4, -0.2) is 12.9 Å². The first-order valence-corrected chi connectivity index (χ1v) is 6.28. The van der Waals surface area contributed by atoms with Gasteiger partial charge < -0.3 is 10.5 Å². The number of rotatable bonds is 2. The highest BCUT2D eigenvalue weighted by molar-refractivity contribution is 7.84. The van der Waals surface area contributed by atoms with Crippen LogP contribution in [0.5, 0.6) is 5.75 Å². The van der Waals surface area contributed by atoms with E-state index >= 15 is 0 Å². The fourth-order valence-electron chi connectivity index (χ4n) is 2.25. The van der Waals surface area contributed by atoms with Crippen molar-refractivity contribution in [3.8, 4) is 17.9 Å². The van der Waals surface area contributed by atoms with Crippen LogP contribution in [0.15, 0.2) is 39.9 Å². The second kappa shape index (κ2) is 5.68. The molecule has 1 aliphatic heterocycles. The van der Waals surface area contributed by atoms with Gasteiger partial charge in [-0.2, -0.15) is 10.5 Å². The lowest BCUT2D eigenvalue weighted by atomic mass is 9.79. The summed E-state index contributed by atoms with van der Waals surface area (Å²) in [6, 6.07) is 11.4. The van der Waals surface area contributed by atoms with E-state index in [0.717, 1.165) is 5.56 Å². The quantitative estimate of drug-likeness (QED) is 0.811. The van der Waals surface area contributed by atoms with Gasteiger partial charge in [-0.25, -0.2) is 4.99 Å². The number of allylic oxidation sites excluding steroid dienone is 1. The molecule has 0 bridgehead atoms. The number of methoxy groups -OCH3 is 1. The minimum absolute atomic E-state index is 0.160. The lowest BCUT2D eigenvalue weighted by Gasteiger charge is -2.26. The molecule has 0 spiro atoms. The number of nitrogens with zero attached hydrogens (tertiary/aromatic N) is 3. The van der Waals surface area contributed by atoms with Crippen LogP contribution >= 0.6 is 12.6 Å². The number of nitriles is 2. The molecule has 2 atom stereocenters. The first kappa shape index (κ1) is 14.0. The third kappa shape index (κ3) is 2.22. The van der Waals surface area contributed by atoms with Crippen molar-refractivity contribution in [1.82, 2.24) is 0 Å². The molecule has 0 aliphatic carbocycles. The summed E-state index contributed by atoms with van der Waals surface area (Å²) in [4.78, 5) is 3.97. The number of thiol groups is 1. The molecule has 1 aromatic rings. The van der Waals surface area contributed by atoms with E-state index in [4.69, 9.17) is 10.5 Å². The fraction of sp³-hybridized carbons (Fsp3) is 0.214. The molecular formula is C14H12N4OS. The van der Waals surface area contributed by atoms with Crippen molar-refractivity contribution in [2.45, 2.75) is 5.92 Å². The highest BCUT2D eigenvalue weighted by Crippen LogP contribution is 2.41. The zero-order valence-corrected chi connectivity index (χ0v) is 11.6. The van der Waals surface area contributed by atoms with Gasteiger partial charge in [-0.1, -0.05) is 18.2 Å². The van der Waals surface area contributed by atoms with Crippen molar-refractivity contribution < 1.29 is 4.74 Å². The molecule has 0 saturated carbocycles. The van der Waals surface area contributed by atoms with E-state index < -0.39 is 11.8 Å². The average Bonchev–Trinajstić information content (AvgIpc) is 2.46. The van der Waals surface area contributed by atoms with Gasteiger partial charge in [0.05, 0.1) is 24.8 Å². The van der Waals surface area contributed by atoms with E-state index in [2.05, 4.69) is 29.8 Å². The van der Waals surface area contributed by atoms with E-state index in [1.165, 1.54) is 7.11 Å². The predicted molar refractivity (Wildman–Crippen MR) is 78.1 cm³/mol. The SMILES string of the molecule is COc1ccccc1[C@H]1C(C#N)=C(S)N=C(N)C1C#N. The number of para-hydroxylation sites is 1. The van der Waals surface area contributed by atoms with E-state index in [1.807, 2.05) is 18.2 Å². The summed E-state index contributed by atoms with van der Waals surface area (Å²) in [5, 5.41) is 18.9. The van der Waals surface area contributed by atoms with Crippen molar-refractivity contribution in [2.24, 2.45) is 16.6 Å². The third-order valence-electron chi connectivity index (χ3n) is 3.17. The Kier molecular flexibility index (Phi) is 3.97. The van der Waals surface area contributed by atoms with Crippen LogP contribution in [0.3, 0.4) is 0 Å². The van der Waals surface area contributed by atoms with E-state index in [-0.39, 0.29) is 10.9 Å². The second-order valence-corrected chi connectivity index (χ2v) is 4.64. The molecule has 5 nitrogen and oxygen atoms in total. The van der Waals surface area contributed by atoms with Crippen LogP contribution in [0, 0.1) is 28.6 Å². The van der Waals surface area contributed by atoms with Gasteiger partial charge in [-0.3, -0.25) is 0 Å². The van der Waals surface area contributed by atoms with Crippen molar-refractivity contribution in [3.05, 3.63) is 40.4 Å². The van der Waals surface area contributed by atoms with E-state index in [9.17, 15) is 10.5 Å². The van der Waals surface area contributed by atoms with Crippen molar-refractivity contribution in [2.75, 3.05) is 7.11 Å². The Morgan fingerprint density at radius 1 is 1.35 bits per heavy atom. The molecule has 0 aromatic heterocycles. The van der Waals surface area contributed by atoms with Gasteiger partial charge in [-0.15, -0.1) is 12.6 Å². The van der Waals surface area contributed by atoms with Gasteiger partial charge in [0.1, 0.15) is 22.5 Å². The lowest BCUT2D eigenvalue weighted by molar-refractivity contribution is 0.406. The maximum Gasteiger partial charge on any atom is 0.122 e. The zero-order chi connectivity index (χ0) is 14.7. The Labute approximate surface area is 122 Å². The molecular weight excluding hydrogens is 272 g/mol. The smallest absolute Gasteiger partial charge is 0.122 e. The van der Waals surface area contributed by atoms with E-state index in [0.29, 0.717) is 11.3 Å². The summed E-state index contributed by atoms with van der Waals surface area (Å²) in [5.74, 6) is -0.475. The minimum atomic E-state index is -0.711. The van der Waals surface area contributed by atoms with Gasteiger partial charge in [0.25, 0.3) is 0 Å². The molecule has 1 heterocycles. The molecule has 1 aliphatic rings. The molecule has 1 aromatic carbocycles. The maximum absolute atomic E-state index is 9.35. The van der Waals surface area contributed by atoms with Gasteiger partial charge in [0.2, 0.25) is 0 Å². The van der Waals surface area contributed by atoms with Crippen molar-refractivity contribution in [3.63, 3.8) is 0 Å². The zero-order valence-electron chi connectivity index (χ0n) is 10.7. The molecule has 6 heteroatoms. The molecule has 0 amide bonds. The van der Waals surface area contributed by atoms with E-state index in [1.54, 1.807) is 6.07 Å². The Bertz CT molecular complexity index is 681. The summed E-state index contributed by atoms with van der Waals surface area (Å²) in [7, 11) is 1.54. The average molecular weight is 284 g/mol. The number of ether oxygens (including phenoxy) is 1. The van der Waals surface area contributed by atoms with Crippen LogP contribution in [-0.2, 0) is 0 Å². The van der Waals surface area contributed by atoms with Gasteiger partial charge in [0, 0.05) is 11.5 Å². The summed E-state index contributed by atoms with van der Waals surface area (Å²) in [5.41, 5.74) is 6.85. The highest BCUT2D eigenvalue weighted by Gasteiger charge is 2.36. The Morgan fingerprint density at radius 3 is 2.65 bits per heavy atom. The van der Waals surface area contributed by atoms with Crippen LogP contribution in [0.4, 0.5) is 0 Å². The van der Waals surface area contributed by atoms with Crippen LogP contribution in [0.25, 0.3) is 0 Å². The molecule has 1 unspecified atom stereocenters. The van der Waals surface area contributed by atoms with Crippen LogP contribution < -0.4 is 10.5 Å². The van der Waals surface area contributed by atoms with Gasteiger partial charge >= 0.3 is 0 Å². The van der Waals surface area contributed by atoms with Crippen molar-refractivity contribution in [1.29, 1.82) is 10.5 Å². The first-order chi connectivity index (χ1) is 9.63. The standard InChI is InChI=1S/C14H12N4OS/c1-19-11-5-3-2-4-8(11)12-9(6-15)13(17)18-14(20)10(12)7-16/h2-5,9,12,20H,1H3,(H2,17,18)/t9?,12-/m1/s1. The number of hydrogen-bond donors (Lipinski definition) is 2. The monoisotopic (exact) mass is 284 g/mol. The number of benzene rings is 1. The molecule has 20 heavy (non-hydrogen) atoms. The fourth-order valence-corrected chi connectivity index (χ4v) is 2.55. The second-order valence-electron chi connectivity index (χ2n) is 4.21. The molecule has 2 rings (SSSR count). The first-order valence-electron chi connectivity index (χ1n) is 5.83. The molecule has 2 N–H and O–H groups in total. The van der Waals surface area contributed by atoms with Crippen LogP contribution in [0.1, 0.15) is 11.5 Å². The number of hydrogen-bond acceptors (Lipinski definition) is 6. The summed E-state index contributed by atoms with van der Waals surface area (Å²) in [6.45, 7) is 0. The predicted octanol–water partition coefficient (Wildman–Crippen LogP) is 1.95. The van der Waals surface area contributed by atoms with Gasteiger partial charge in [0.15, 0.2) is 0 Å². The molecule has 0 radical (unpaired) electrons. The van der Waals surface area contributed by atoms with Crippen molar-refractivity contribution >= 4 is 18.5 Å². The number of aliphatic imine (C=N–C) groups is 1. The maximum atomic E-state index is 9.35. The van der Waals surface area contributed by atoms with Gasteiger partial charge in [-0.05, 0) is 6.07 Å². The summed E-state index contributed by atoms with van der Waals surface area (Å²) >= 11 is 4.19. The Balaban J connectivity index is 2.66. The largest absolute Gasteiger partial charge is 0.496 e. The topological polar surface area (TPSA) is 95.2 Å². The van der Waals surface area contributed by atoms with Crippen LogP contribution in [0.2, 0.25) is 0 Å². The number of nitrogens with two attached hydrogens (primary N) is 1. The molecule has 0 fully saturated rings. The summed E-state index contributed by atoms with van der Waals surface area (Å²) in [6.07, 6.45) is 0.